The Morgan fingerprint density at radius 3 is 2.06 bits per heavy atom. The molecule has 0 aliphatic rings. The Morgan fingerprint density at radius 1 is 1.00 bits per heavy atom. The predicted molar refractivity (Wildman–Crippen MR) is 74.7 cm³/mol. The molecule has 3 heteroatoms. The Balaban J connectivity index is 2.96. The molecular weight excluding hydrogens is 228 g/mol. The maximum absolute atomic E-state index is 5.31. The zero-order valence-corrected chi connectivity index (χ0v) is 11.7. The highest BCUT2D eigenvalue weighted by atomic mass is 16.5. The zero-order chi connectivity index (χ0) is 13.4. The highest BCUT2D eigenvalue weighted by molar-refractivity contribution is 5.62. The first kappa shape index (κ1) is 14.4. The van der Waals surface area contributed by atoms with E-state index in [9.17, 15) is 0 Å². The predicted octanol–water partition coefficient (Wildman–Crippen LogP) is 3.92. The van der Waals surface area contributed by atoms with Crippen molar-refractivity contribution in [3.8, 4) is 17.2 Å². The summed E-state index contributed by atoms with van der Waals surface area (Å²) in [6.45, 7) is 2.19. The molecule has 1 aromatic carbocycles. The topological polar surface area (TPSA) is 27.7 Å². The molecule has 18 heavy (non-hydrogen) atoms. The Hall–Kier alpha value is -1.64. The van der Waals surface area contributed by atoms with E-state index in [4.69, 9.17) is 14.2 Å². The Morgan fingerprint density at radius 2 is 1.61 bits per heavy atom. The molecular formula is C15H22O3. The minimum Gasteiger partial charge on any atom is -0.493 e. The lowest BCUT2D eigenvalue weighted by atomic mass is 10.1. The van der Waals surface area contributed by atoms with Crippen molar-refractivity contribution in [1.29, 1.82) is 0 Å². The average Bonchev–Trinajstić information content (AvgIpc) is 2.42. The van der Waals surface area contributed by atoms with Crippen LogP contribution in [0.2, 0.25) is 0 Å². The molecule has 0 aliphatic carbocycles. The number of hydrogen-bond donors (Lipinski definition) is 0. The number of rotatable bonds is 7. The van der Waals surface area contributed by atoms with E-state index in [1.54, 1.807) is 21.3 Å². The maximum Gasteiger partial charge on any atom is 0.203 e. The van der Waals surface area contributed by atoms with Crippen LogP contribution in [0.4, 0.5) is 0 Å². The number of hydrogen-bond acceptors (Lipinski definition) is 3. The molecule has 0 spiro atoms. The Labute approximate surface area is 109 Å². The largest absolute Gasteiger partial charge is 0.493 e. The fraction of sp³-hybridized carbons (Fsp3) is 0.467. The van der Waals surface area contributed by atoms with Crippen LogP contribution in [0, 0.1) is 0 Å². The van der Waals surface area contributed by atoms with E-state index in [0.717, 1.165) is 12.0 Å². The van der Waals surface area contributed by atoms with Gasteiger partial charge < -0.3 is 14.2 Å². The molecule has 0 radical (unpaired) electrons. The molecule has 100 valence electrons. The molecule has 1 rings (SSSR count). The van der Waals surface area contributed by atoms with Crippen molar-refractivity contribution in [2.45, 2.75) is 26.2 Å². The second-order valence-corrected chi connectivity index (χ2v) is 4.00. The summed E-state index contributed by atoms with van der Waals surface area (Å²) in [5.74, 6) is 2.00. The van der Waals surface area contributed by atoms with Crippen molar-refractivity contribution in [3.05, 3.63) is 23.8 Å². The van der Waals surface area contributed by atoms with E-state index < -0.39 is 0 Å². The number of unbranched alkanes of at least 4 members (excludes halogenated alkanes) is 2. The van der Waals surface area contributed by atoms with Crippen LogP contribution in [-0.2, 0) is 0 Å². The molecule has 0 atom stereocenters. The molecule has 0 heterocycles. The minimum absolute atomic E-state index is 0.630. The summed E-state index contributed by atoms with van der Waals surface area (Å²) in [5.41, 5.74) is 1.06. The quantitative estimate of drug-likeness (QED) is 0.686. The molecule has 0 unspecified atom stereocenters. The van der Waals surface area contributed by atoms with Gasteiger partial charge in [0.05, 0.1) is 21.3 Å². The summed E-state index contributed by atoms with van der Waals surface area (Å²) >= 11 is 0. The van der Waals surface area contributed by atoms with Gasteiger partial charge in [0.1, 0.15) is 0 Å². The summed E-state index contributed by atoms with van der Waals surface area (Å²) in [6.07, 6.45) is 7.76. The van der Waals surface area contributed by atoms with E-state index in [2.05, 4.69) is 19.1 Å². The summed E-state index contributed by atoms with van der Waals surface area (Å²) in [4.78, 5) is 0. The van der Waals surface area contributed by atoms with E-state index in [-0.39, 0.29) is 0 Å². The van der Waals surface area contributed by atoms with Gasteiger partial charge in [-0.15, -0.1) is 0 Å². The summed E-state index contributed by atoms with van der Waals surface area (Å²) in [6, 6.07) is 3.90. The molecule has 0 amide bonds. The SMILES string of the molecule is CCCCC=Cc1cc(OC)c(OC)c(OC)c1. The number of benzene rings is 1. The van der Waals surface area contributed by atoms with Crippen LogP contribution in [0.3, 0.4) is 0 Å². The van der Waals surface area contributed by atoms with E-state index >= 15 is 0 Å². The lowest BCUT2D eigenvalue weighted by molar-refractivity contribution is 0.324. The van der Waals surface area contributed by atoms with Crippen molar-refractivity contribution in [2.24, 2.45) is 0 Å². The standard InChI is InChI=1S/C15H22O3/c1-5-6-7-8-9-12-10-13(16-2)15(18-4)14(11-12)17-3/h8-11H,5-7H2,1-4H3. The summed E-state index contributed by atoms with van der Waals surface area (Å²) in [5, 5.41) is 0. The Bertz CT molecular complexity index is 372. The van der Waals surface area contributed by atoms with Crippen molar-refractivity contribution in [1.82, 2.24) is 0 Å². The maximum atomic E-state index is 5.31. The first-order valence-corrected chi connectivity index (χ1v) is 6.23. The number of ether oxygens (including phenoxy) is 3. The average molecular weight is 250 g/mol. The van der Waals surface area contributed by atoms with Crippen LogP contribution >= 0.6 is 0 Å². The molecule has 0 fully saturated rings. The number of allylic oxidation sites excluding steroid dienone is 1. The minimum atomic E-state index is 0.630. The molecule has 0 saturated heterocycles. The fourth-order valence-electron chi connectivity index (χ4n) is 1.74. The van der Waals surface area contributed by atoms with Gasteiger partial charge in [-0.25, -0.2) is 0 Å². The first-order valence-electron chi connectivity index (χ1n) is 6.23. The van der Waals surface area contributed by atoms with Gasteiger partial charge in [0.25, 0.3) is 0 Å². The van der Waals surface area contributed by atoms with Crippen molar-refractivity contribution < 1.29 is 14.2 Å². The molecule has 0 N–H and O–H groups in total. The third-order valence-corrected chi connectivity index (χ3v) is 2.72. The molecule has 0 saturated carbocycles. The third kappa shape index (κ3) is 3.69. The normalized spacial score (nSPS) is 10.7. The van der Waals surface area contributed by atoms with Crippen LogP contribution in [0.15, 0.2) is 18.2 Å². The van der Waals surface area contributed by atoms with Crippen molar-refractivity contribution >= 4 is 6.08 Å². The second kappa shape index (κ2) is 7.64. The zero-order valence-electron chi connectivity index (χ0n) is 11.7. The van der Waals surface area contributed by atoms with Gasteiger partial charge in [-0.05, 0) is 24.1 Å². The van der Waals surface area contributed by atoms with Crippen LogP contribution in [0.5, 0.6) is 17.2 Å². The molecule has 0 bridgehead atoms. The van der Waals surface area contributed by atoms with Gasteiger partial charge >= 0.3 is 0 Å². The van der Waals surface area contributed by atoms with Crippen molar-refractivity contribution in [2.75, 3.05) is 21.3 Å². The first-order chi connectivity index (χ1) is 8.76. The van der Waals surface area contributed by atoms with E-state index in [1.807, 2.05) is 12.1 Å². The molecule has 0 aromatic heterocycles. The molecule has 0 aliphatic heterocycles. The molecule has 1 aromatic rings. The Kier molecular flexibility index (Phi) is 6.12. The monoisotopic (exact) mass is 250 g/mol. The van der Waals surface area contributed by atoms with Gasteiger partial charge in [0.15, 0.2) is 11.5 Å². The second-order valence-electron chi connectivity index (χ2n) is 4.00. The van der Waals surface area contributed by atoms with Gasteiger partial charge in [0, 0.05) is 0 Å². The van der Waals surface area contributed by atoms with Crippen LogP contribution in [0.25, 0.3) is 6.08 Å². The van der Waals surface area contributed by atoms with Crippen LogP contribution in [-0.4, -0.2) is 21.3 Å². The van der Waals surface area contributed by atoms with E-state index in [1.165, 1.54) is 12.8 Å². The van der Waals surface area contributed by atoms with Crippen LogP contribution < -0.4 is 14.2 Å². The van der Waals surface area contributed by atoms with Gasteiger partial charge in [-0.1, -0.05) is 31.9 Å². The van der Waals surface area contributed by atoms with Gasteiger partial charge in [0.2, 0.25) is 5.75 Å². The van der Waals surface area contributed by atoms with Gasteiger partial charge in [-0.2, -0.15) is 0 Å². The number of methoxy groups -OCH3 is 3. The fourth-order valence-corrected chi connectivity index (χ4v) is 1.74. The highest BCUT2D eigenvalue weighted by Gasteiger charge is 2.11. The van der Waals surface area contributed by atoms with E-state index in [0.29, 0.717) is 17.2 Å². The lowest BCUT2D eigenvalue weighted by Crippen LogP contribution is -1.95. The smallest absolute Gasteiger partial charge is 0.203 e. The van der Waals surface area contributed by atoms with Crippen LogP contribution in [0.1, 0.15) is 31.7 Å². The van der Waals surface area contributed by atoms with Gasteiger partial charge in [-0.3, -0.25) is 0 Å². The molecule has 3 nitrogen and oxygen atoms in total. The summed E-state index contributed by atoms with van der Waals surface area (Å²) in [7, 11) is 4.86. The highest BCUT2D eigenvalue weighted by Crippen LogP contribution is 2.38. The lowest BCUT2D eigenvalue weighted by Gasteiger charge is -2.12. The van der Waals surface area contributed by atoms with Crippen molar-refractivity contribution in [3.63, 3.8) is 0 Å². The third-order valence-electron chi connectivity index (χ3n) is 2.72. The summed E-state index contributed by atoms with van der Waals surface area (Å²) < 4.78 is 15.9.